The zero-order chi connectivity index (χ0) is 24.4. The van der Waals surface area contributed by atoms with Crippen LogP contribution >= 0.6 is 11.3 Å². The van der Waals surface area contributed by atoms with Crippen LogP contribution in [-0.2, 0) is 4.79 Å². The minimum atomic E-state index is -0.169. The van der Waals surface area contributed by atoms with Crippen LogP contribution < -0.4 is 10.1 Å². The van der Waals surface area contributed by atoms with Crippen LogP contribution in [0.2, 0.25) is 0 Å². The molecule has 1 amide bonds. The zero-order valence-corrected chi connectivity index (χ0v) is 20.8. The maximum absolute atomic E-state index is 13.0. The highest BCUT2D eigenvalue weighted by molar-refractivity contribution is 7.14. The molecule has 0 fully saturated rings. The molecular formula is C26H28N4O3S. The molecule has 2 heterocycles. The third-order valence-electron chi connectivity index (χ3n) is 5.65. The van der Waals surface area contributed by atoms with Gasteiger partial charge in [0.2, 0.25) is 11.0 Å². The third kappa shape index (κ3) is 4.59. The summed E-state index contributed by atoms with van der Waals surface area (Å²) in [5.41, 5.74) is 4.07. The maximum Gasteiger partial charge on any atom is 0.220 e. The molecule has 4 rings (SSSR count). The van der Waals surface area contributed by atoms with Crippen molar-refractivity contribution in [3.8, 4) is 22.1 Å². The normalized spacial score (nSPS) is 11.2. The highest BCUT2D eigenvalue weighted by Crippen LogP contribution is 2.37. The molecule has 34 heavy (non-hydrogen) atoms. The standard InChI is InChI=1S/C26H28N4O3S/c1-15(2)25-23(17-7-6-8-18(14-17)33-5)28-26(34-25)30-20-10-9-16(3)13-19(20)24(29-30)21(31)11-12-22(32)27-4/h6-10,13-15H,11-12H2,1-5H3,(H,27,32). The summed E-state index contributed by atoms with van der Waals surface area (Å²) in [7, 11) is 3.21. The van der Waals surface area contributed by atoms with Crippen molar-refractivity contribution in [2.75, 3.05) is 14.2 Å². The number of aromatic nitrogens is 3. The van der Waals surface area contributed by atoms with Crippen molar-refractivity contribution < 1.29 is 14.3 Å². The lowest BCUT2D eigenvalue weighted by atomic mass is 10.1. The van der Waals surface area contributed by atoms with Crippen LogP contribution in [0.5, 0.6) is 5.75 Å². The van der Waals surface area contributed by atoms with Gasteiger partial charge >= 0.3 is 0 Å². The number of hydrogen-bond donors (Lipinski definition) is 1. The van der Waals surface area contributed by atoms with E-state index in [1.807, 2.05) is 49.4 Å². The Balaban J connectivity index is 1.84. The summed E-state index contributed by atoms with van der Waals surface area (Å²) in [4.78, 5) is 30.8. The molecule has 0 atom stereocenters. The Morgan fingerprint density at radius 2 is 1.94 bits per heavy atom. The molecule has 176 valence electrons. The predicted molar refractivity (Wildman–Crippen MR) is 135 cm³/mol. The van der Waals surface area contributed by atoms with Gasteiger partial charge < -0.3 is 10.1 Å². The van der Waals surface area contributed by atoms with Gasteiger partial charge in [-0.2, -0.15) is 5.10 Å². The average Bonchev–Trinajstić information content (AvgIpc) is 3.44. The number of benzene rings is 2. The number of aryl methyl sites for hydroxylation is 1. The molecule has 0 aliphatic carbocycles. The molecule has 7 nitrogen and oxygen atoms in total. The number of nitrogens with zero attached hydrogens (tertiary/aromatic N) is 3. The van der Waals surface area contributed by atoms with Crippen molar-refractivity contribution >= 4 is 33.9 Å². The number of amides is 1. The molecule has 0 spiro atoms. The van der Waals surface area contributed by atoms with Crippen molar-refractivity contribution in [1.82, 2.24) is 20.1 Å². The molecule has 2 aromatic carbocycles. The van der Waals surface area contributed by atoms with Crippen LogP contribution in [-0.4, -0.2) is 40.6 Å². The number of ketones is 1. The first-order valence-corrected chi connectivity index (χ1v) is 12.0. The molecule has 4 aromatic rings. The minimum absolute atomic E-state index is 0.101. The predicted octanol–water partition coefficient (Wildman–Crippen LogP) is 5.30. The van der Waals surface area contributed by atoms with E-state index in [0.717, 1.165) is 38.4 Å². The SMILES string of the molecule is CNC(=O)CCC(=O)c1nn(-c2nc(-c3cccc(OC)c3)c(C(C)C)s2)c2ccc(C)cc12. The first-order chi connectivity index (χ1) is 16.3. The highest BCUT2D eigenvalue weighted by atomic mass is 32.1. The second-order valence-corrected chi connectivity index (χ2v) is 9.48. The van der Waals surface area contributed by atoms with E-state index in [4.69, 9.17) is 14.8 Å². The van der Waals surface area contributed by atoms with Gasteiger partial charge in [0.25, 0.3) is 0 Å². The Morgan fingerprint density at radius 3 is 2.65 bits per heavy atom. The number of ether oxygens (including phenoxy) is 1. The van der Waals surface area contributed by atoms with Crippen molar-refractivity contribution in [3.63, 3.8) is 0 Å². The van der Waals surface area contributed by atoms with Gasteiger partial charge in [0.05, 0.1) is 18.3 Å². The number of fused-ring (bicyclic) bond motifs is 1. The van der Waals surface area contributed by atoms with Gasteiger partial charge in [-0.15, -0.1) is 0 Å². The summed E-state index contributed by atoms with van der Waals surface area (Å²) in [6.45, 7) is 6.26. The van der Waals surface area contributed by atoms with Gasteiger partial charge in [0.15, 0.2) is 5.78 Å². The molecular weight excluding hydrogens is 448 g/mol. The van der Waals surface area contributed by atoms with Crippen molar-refractivity contribution in [2.24, 2.45) is 0 Å². The second-order valence-electron chi connectivity index (χ2n) is 8.47. The molecule has 1 N–H and O–H groups in total. The number of thiazole rings is 1. The first-order valence-electron chi connectivity index (χ1n) is 11.2. The molecule has 0 saturated carbocycles. The molecule has 0 aliphatic heterocycles. The first kappa shape index (κ1) is 23.6. The summed E-state index contributed by atoms with van der Waals surface area (Å²) in [6, 6.07) is 13.8. The minimum Gasteiger partial charge on any atom is -0.497 e. The van der Waals surface area contributed by atoms with Crippen LogP contribution in [0.1, 0.15) is 53.5 Å². The molecule has 0 bridgehead atoms. The lowest BCUT2D eigenvalue weighted by molar-refractivity contribution is -0.120. The van der Waals surface area contributed by atoms with Gasteiger partial charge in [-0.25, -0.2) is 9.67 Å². The molecule has 2 aromatic heterocycles. The van der Waals surface area contributed by atoms with E-state index in [0.29, 0.717) is 10.8 Å². The van der Waals surface area contributed by atoms with Gasteiger partial charge in [-0.05, 0) is 37.1 Å². The largest absolute Gasteiger partial charge is 0.497 e. The van der Waals surface area contributed by atoms with Gasteiger partial charge in [-0.3, -0.25) is 9.59 Å². The Kier molecular flexibility index (Phi) is 6.79. The summed E-state index contributed by atoms with van der Waals surface area (Å²) < 4.78 is 7.16. The van der Waals surface area contributed by atoms with Gasteiger partial charge in [-0.1, -0.05) is 48.9 Å². The maximum atomic E-state index is 13.0. The number of Topliss-reactive ketones (excluding diaryl/α,β-unsaturated/α-hetero) is 1. The third-order valence-corrected chi connectivity index (χ3v) is 6.98. The number of carbonyl (C=O) groups excluding carboxylic acids is 2. The van der Waals surface area contributed by atoms with E-state index in [2.05, 4.69) is 19.2 Å². The topological polar surface area (TPSA) is 86.1 Å². The highest BCUT2D eigenvalue weighted by Gasteiger charge is 2.23. The van der Waals surface area contributed by atoms with Gasteiger partial charge in [0.1, 0.15) is 11.4 Å². The van der Waals surface area contributed by atoms with Crippen molar-refractivity contribution in [3.05, 3.63) is 58.6 Å². The van der Waals surface area contributed by atoms with Crippen LogP contribution in [0, 0.1) is 6.92 Å². The lowest BCUT2D eigenvalue weighted by Gasteiger charge is -2.06. The summed E-state index contributed by atoms with van der Waals surface area (Å²) in [5.74, 6) is 0.695. The molecule has 0 radical (unpaired) electrons. The van der Waals surface area contributed by atoms with E-state index in [1.54, 1.807) is 30.2 Å². The smallest absolute Gasteiger partial charge is 0.220 e. The Bertz CT molecular complexity index is 1370. The fraction of sp³-hybridized carbons (Fsp3) is 0.308. The van der Waals surface area contributed by atoms with E-state index in [9.17, 15) is 9.59 Å². The second kappa shape index (κ2) is 9.77. The van der Waals surface area contributed by atoms with Crippen LogP contribution in [0.4, 0.5) is 0 Å². The van der Waals surface area contributed by atoms with Gasteiger partial charge in [0, 0.05) is 35.7 Å². The van der Waals surface area contributed by atoms with Crippen molar-refractivity contribution in [2.45, 2.75) is 39.5 Å². The van der Waals surface area contributed by atoms with E-state index in [1.165, 1.54) is 0 Å². The molecule has 8 heteroatoms. The van der Waals surface area contributed by atoms with Crippen molar-refractivity contribution in [1.29, 1.82) is 0 Å². The Morgan fingerprint density at radius 1 is 1.15 bits per heavy atom. The quantitative estimate of drug-likeness (QED) is 0.349. The molecule has 0 aliphatic rings. The van der Waals surface area contributed by atoms with E-state index in [-0.39, 0.29) is 30.4 Å². The van der Waals surface area contributed by atoms with Crippen LogP contribution in [0.3, 0.4) is 0 Å². The number of rotatable bonds is 8. The lowest BCUT2D eigenvalue weighted by Crippen LogP contribution is -2.18. The monoisotopic (exact) mass is 476 g/mol. The number of methoxy groups -OCH3 is 1. The molecule has 0 saturated heterocycles. The number of carbonyl (C=O) groups is 2. The number of nitrogens with one attached hydrogen (secondary N) is 1. The Hall–Kier alpha value is -3.52. The Labute approximate surface area is 202 Å². The fourth-order valence-corrected chi connectivity index (χ4v) is 4.89. The number of hydrogen-bond acceptors (Lipinski definition) is 6. The van der Waals surface area contributed by atoms with E-state index >= 15 is 0 Å². The molecule has 0 unspecified atom stereocenters. The summed E-state index contributed by atoms with van der Waals surface area (Å²) >= 11 is 1.57. The summed E-state index contributed by atoms with van der Waals surface area (Å²) in [5, 5.41) is 8.73. The van der Waals surface area contributed by atoms with E-state index < -0.39 is 0 Å². The zero-order valence-electron chi connectivity index (χ0n) is 20.0. The average molecular weight is 477 g/mol. The van der Waals surface area contributed by atoms with Crippen LogP contribution in [0.25, 0.3) is 27.3 Å². The summed E-state index contributed by atoms with van der Waals surface area (Å²) in [6.07, 6.45) is 0.230. The van der Waals surface area contributed by atoms with Crippen LogP contribution in [0.15, 0.2) is 42.5 Å². The fourth-order valence-electron chi connectivity index (χ4n) is 3.83.